The number of aryl methyl sites for hydroxylation is 1. The minimum Gasteiger partial charge on any atom is -0.368 e. The van der Waals surface area contributed by atoms with Crippen molar-refractivity contribution in [3.63, 3.8) is 0 Å². The number of nitrogens with two attached hydrogens (primary N) is 1. The van der Waals surface area contributed by atoms with Crippen molar-refractivity contribution in [2.75, 3.05) is 5.73 Å². The zero-order valence-corrected chi connectivity index (χ0v) is 18.4. The first-order chi connectivity index (χ1) is 16.0. The number of rotatable bonds is 4. The van der Waals surface area contributed by atoms with Gasteiger partial charge < -0.3 is 5.73 Å². The number of aromatic nitrogens is 6. The lowest BCUT2D eigenvalue weighted by Crippen LogP contribution is -2.24. The predicted molar refractivity (Wildman–Crippen MR) is 128 cm³/mol. The van der Waals surface area contributed by atoms with E-state index in [1.54, 1.807) is 47.7 Å². The van der Waals surface area contributed by atoms with Crippen LogP contribution >= 0.6 is 11.6 Å². The average Bonchev–Trinajstić information content (AvgIpc) is 2.82. The van der Waals surface area contributed by atoms with Crippen LogP contribution < -0.4 is 11.3 Å². The van der Waals surface area contributed by atoms with Gasteiger partial charge in [-0.3, -0.25) is 24.3 Å². The Hall–Kier alpha value is -4.17. The Morgan fingerprint density at radius 2 is 1.76 bits per heavy atom. The van der Waals surface area contributed by atoms with Crippen LogP contribution in [0.1, 0.15) is 11.3 Å². The van der Waals surface area contributed by atoms with E-state index in [9.17, 15) is 4.79 Å². The van der Waals surface area contributed by atoms with Crippen LogP contribution in [0.3, 0.4) is 0 Å². The average molecular weight is 456 g/mol. The van der Waals surface area contributed by atoms with Crippen molar-refractivity contribution in [1.29, 1.82) is 0 Å². The van der Waals surface area contributed by atoms with Gasteiger partial charge in [-0.2, -0.15) is 4.98 Å². The van der Waals surface area contributed by atoms with Gasteiger partial charge in [0.2, 0.25) is 5.95 Å². The minimum atomic E-state index is -0.234. The Balaban J connectivity index is 1.69. The van der Waals surface area contributed by atoms with Crippen molar-refractivity contribution in [2.45, 2.75) is 13.5 Å². The normalized spacial score (nSPS) is 11.1. The molecule has 0 aliphatic heterocycles. The summed E-state index contributed by atoms with van der Waals surface area (Å²) < 4.78 is 1.58. The smallest absolute Gasteiger partial charge is 0.260 e. The molecule has 1 aromatic carbocycles. The second kappa shape index (κ2) is 8.40. The Labute approximate surface area is 193 Å². The summed E-state index contributed by atoms with van der Waals surface area (Å²) in [4.78, 5) is 34.8. The second-order valence-corrected chi connectivity index (χ2v) is 7.90. The van der Waals surface area contributed by atoms with E-state index in [-0.39, 0.29) is 11.5 Å². The van der Waals surface area contributed by atoms with Gasteiger partial charge in [-0.25, -0.2) is 4.98 Å². The van der Waals surface area contributed by atoms with Crippen LogP contribution in [0.5, 0.6) is 0 Å². The SMILES string of the molecule is Cc1nccnc1-c1ccc(-c2cc3cnc(N)nc3n(Cc3ccncc3)c2=O)c(Cl)c1. The number of benzene rings is 1. The van der Waals surface area contributed by atoms with Crippen LogP contribution in [0.2, 0.25) is 5.02 Å². The molecule has 162 valence electrons. The lowest BCUT2D eigenvalue weighted by molar-refractivity contribution is 0.783. The minimum absolute atomic E-state index is 0.0971. The van der Waals surface area contributed by atoms with Gasteiger partial charge in [0.15, 0.2) is 0 Å². The number of halogens is 1. The van der Waals surface area contributed by atoms with E-state index in [0.717, 1.165) is 22.5 Å². The highest BCUT2D eigenvalue weighted by Crippen LogP contribution is 2.32. The third-order valence-electron chi connectivity index (χ3n) is 5.35. The Kier molecular flexibility index (Phi) is 5.27. The summed E-state index contributed by atoms with van der Waals surface area (Å²) in [6, 6.07) is 10.9. The van der Waals surface area contributed by atoms with Crippen molar-refractivity contribution in [3.05, 3.63) is 94.0 Å². The number of fused-ring (bicyclic) bond motifs is 1. The number of nitrogen functional groups attached to an aromatic ring is 1. The first kappa shape index (κ1) is 20.7. The first-order valence-electron chi connectivity index (χ1n) is 10.1. The Morgan fingerprint density at radius 3 is 2.52 bits per heavy atom. The fraction of sp³-hybridized carbons (Fsp3) is 0.0833. The van der Waals surface area contributed by atoms with E-state index in [1.807, 2.05) is 31.2 Å². The molecule has 0 amide bonds. The molecular formula is C24H18ClN7O. The van der Waals surface area contributed by atoms with Crippen molar-refractivity contribution < 1.29 is 0 Å². The molecule has 0 radical (unpaired) electrons. The van der Waals surface area contributed by atoms with Gasteiger partial charge in [-0.05, 0) is 36.8 Å². The largest absolute Gasteiger partial charge is 0.368 e. The zero-order chi connectivity index (χ0) is 22.9. The summed E-state index contributed by atoms with van der Waals surface area (Å²) >= 11 is 6.67. The predicted octanol–water partition coefficient (Wildman–Crippen LogP) is 3.90. The molecule has 5 rings (SSSR count). The Bertz CT molecular complexity index is 1550. The quantitative estimate of drug-likeness (QED) is 0.437. The molecule has 2 N–H and O–H groups in total. The van der Waals surface area contributed by atoms with Gasteiger partial charge in [-0.1, -0.05) is 23.7 Å². The van der Waals surface area contributed by atoms with E-state index in [4.69, 9.17) is 17.3 Å². The van der Waals surface area contributed by atoms with E-state index < -0.39 is 0 Å². The molecule has 9 heteroatoms. The molecule has 0 fully saturated rings. The summed E-state index contributed by atoms with van der Waals surface area (Å²) in [5.41, 5.74) is 10.3. The van der Waals surface area contributed by atoms with Gasteiger partial charge >= 0.3 is 0 Å². The van der Waals surface area contributed by atoms with Crippen molar-refractivity contribution in [2.24, 2.45) is 0 Å². The third kappa shape index (κ3) is 3.92. The van der Waals surface area contributed by atoms with Crippen LogP contribution in [-0.4, -0.2) is 29.5 Å². The van der Waals surface area contributed by atoms with Crippen molar-refractivity contribution in [1.82, 2.24) is 29.5 Å². The number of hydrogen-bond donors (Lipinski definition) is 1. The molecule has 5 aromatic rings. The number of nitrogens with zero attached hydrogens (tertiary/aromatic N) is 6. The first-order valence-corrected chi connectivity index (χ1v) is 10.5. The number of pyridine rings is 2. The molecule has 0 aliphatic carbocycles. The summed E-state index contributed by atoms with van der Waals surface area (Å²) in [6.45, 7) is 2.19. The van der Waals surface area contributed by atoms with Crippen LogP contribution in [0, 0.1) is 6.92 Å². The van der Waals surface area contributed by atoms with Gasteiger partial charge in [0.1, 0.15) is 5.65 Å². The van der Waals surface area contributed by atoms with Gasteiger partial charge in [0, 0.05) is 58.1 Å². The second-order valence-electron chi connectivity index (χ2n) is 7.50. The lowest BCUT2D eigenvalue weighted by atomic mass is 10.0. The molecular weight excluding hydrogens is 438 g/mol. The summed E-state index contributed by atoms with van der Waals surface area (Å²) in [5, 5.41) is 1.11. The maximum atomic E-state index is 13.6. The van der Waals surface area contributed by atoms with E-state index in [0.29, 0.717) is 33.7 Å². The fourth-order valence-corrected chi connectivity index (χ4v) is 4.04. The summed E-state index contributed by atoms with van der Waals surface area (Å²) in [5.74, 6) is 0.0971. The molecule has 33 heavy (non-hydrogen) atoms. The van der Waals surface area contributed by atoms with Crippen LogP contribution in [0.4, 0.5) is 5.95 Å². The fourth-order valence-electron chi connectivity index (χ4n) is 3.75. The Morgan fingerprint density at radius 1 is 0.970 bits per heavy atom. The highest BCUT2D eigenvalue weighted by Gasteiger charge is 2.17. The highest BCUT2D eigenvalue weighted by atomic mass is 35.5. The van der Waals surface area contributed by atoms with E-state index in [2.05, 4.69) is 24.9 Å². The van der Waals surface area contributed by atoms with Gasteiger partial charge in [0.25, 0.3) is 5.56 Å². The highest BCUT2D eigenvalue weighted by molar-refractivity contribution is 6.33. The maximum absolute atomic E-state index is 13.6. The standard InChI is InChI=1S/C24H18ClN7O/c1-14-21(29-9-8-28-14)16-2-3-18(20(25)11-16)19-10-17-12-30-24(26)31-22(17)32(23(19)33)13-15-4-6-27-7-5-15/h2-12H,13H2,1H3,(H2,26,30,31). The summed E-state index contributed by atoms with van der Waals surface area (Å²) in [6.07, 6.45) is 8.25. The molecule has 0 aliphatic rings. The number of anilines is 1. The topological polar surface area (TPSA) is 112 Å². The van der Waals surface area contributed by atoms with Crippen molar-refractivity contribution in [3.8, 4) is 22.4 Å². The third-order valence-corrected chi connectivity index (χ3v) is 5.66. The molecule has 4 aromatic heterocycles. The van der Waals surface area contributed by atoms with Crippen LogP contribution in [0.25, 0.3) is 33.4 Å². The summed E-state index contributed by atoms with van der Waals surface area (Å²) in [7, 11) is 0. The monoisotopic (exact) mass is 455 g/mol. The zero-order valence-electron chi connectivity index (χ0n) is 17.6. The van der Waals surface area contributed by atoms with E-state index in [1.165, 1.54) is 0 Å². The van der Waals surface area contributed by atoms with Crippen molar-refractivity contribution >= 4 is 28.6 Å². The molecule has 4 heterocycles. The molecule has 8 nitrogen and oxygen atoms in total. The number of hydrogen-bond acceptors (Lipinski definition) is 7. The van der Waals surface area contributed by atoms with Gasteiger partial charge in [0.05, 0.1) is 17.9 Å². The molecule has 0 atom stereocenters. The molecule has 0 bridgehead atoms. The maximum Gasteiger partial charge on any atom is 0.260 e. The molecule has 0 unspecified atom stereocenters. The molecule has 0 saturated heterocycles. The van der Waals surface area contributed by atoms with Gasteiger partial charge in [-0.15, -0.1) is 0 Å². The molecule has 0 saturated carbocycles. The lowest BCUT2D eigenvalue weighted by Gasteiger charge is -2.14. The van der Waals surface area contributed by atoms with Crippen LogP contribution in [0.15, 0.2) is 72.2 Å². The molecule has 0 spiro atoms. The van der Waals surface area contributed by atoms with E-state index >= 15 is 0 Å². The van der Waals surface area contributed by atoms with Crippen LogP contribution in [-0.2, 0) is 6.54 Å².